The van der Waals surface area contributed by atoms with Gasteiger partial charge in [0.1, 0.15) is 5.82 Å². The van der Waals surface area contributed by atoms with E-state index in [-0.39, 0.29) is 5.69 Å². The van der Waals surface area contributed by atoms with Gasteiger partial charge in [-0.2, -0.15) is 13.2 Å². The van der Waals surface area contributed by atoms with Crippen LogP contribution in [0, 0.1) is 5.82 Å². The van der Waals surface area contributed by atoms with Crippen molar-refractivity contribution >= 4 is 5.69 Å². The summed E-state index contributed by atoms with van der Waals surface area (Å²) in [6.07, 6.45) is -4.53. The minimum absolute atomic E-state index is 0.125. The van der Waals surface area contributed by atoms with Crippen molar-refractivity contribution in [2.75, 3.05) is 5.32 Å². The number of nitrogens with one attached hydrogen (secondary N) is 1. The Morgan fingerprint density at radius 3 is 2.00 bits per heavy atom. The van der Waals surface area contributed by atoms with Crippen LogP contribution in [-0.4, -0.2) is 5.54 Å². The molecule has 0 aromatic heterocycles. The van der Waals surface area contributed by atoms with Crippen LogP contribution in [0.25, 0.3) is 0 Å². The van der Waals surface area contributed by atoms with Gasteiger partial charge in [-0.05, 0) is 39.0 Å². The molecule has 0 saturated carbocycles. The van der Waals surface area contributed by atoms with Gasteiger partial charge in [0.15, 0.2) is 0 Å². The zero-order valence-corrected chi connectivity index (χ0v) is 9.24. The summed E-state index contributed by atoms with van der Waals surface area (Å²) in [5.41, 5.74) is -1.28. The first-order valence-corrected chi connectivity index (χ1v) is 4.74. The smallest absolute Gasteiger partial charge is 0.380 e. The van der Waals surface area contributed by atoms with Gasteiger partial charge in [0.05, 0.1) is 5.56 Å². The van der Waals surface area contributed by atoms with Gasteiger partial charge < -0.3 is 5.32 Å². The fourth-order valence-electron chi connectivity index (χ4n) is 1.26. The zero-order chi connectivity index (χ0) is 12.6. The van der Waals surface area contributed by atoms with E-state index in [1.54, 1.807) is 20.8 Å². The number of rotatable bonds is 1. The summed E-state index contributed by atoms with van der Waals surface area (Å²) in [7, 11) is 0. The fraction of sp³-hybridized carbons (Fsp3) is 0.455. The van der Waals surface area contributed by atoms with E-state index in [4.69, 9.17) is 0 Å². The van der Waals surface area contributed by atoms with Crippen molar-refractivity contribution in [2.24, 2.45) is 0 Å². The molecule has 0 aliphatic carbocycles. The molecule has 0 unspecified atom stereocenters. The van der Waals surface area contributed by atoms with Crippen molar-refractivity contribution in [3.8, 4) is 0 Å². The van der Waals surface area contributed by atoms with Crippen molar-refractivity contribution in [3.05, 3.63) is 29.6 Å². The Bertz CT molecular complexity index is 377. The molecule has 0 amide bonds. The minimum Gasteiger partial charge on any atom is -0.380 e. The SMILES string of the molecule is CC(C)(C)Nc1cc(F)cc(C(F)(F)F)c1. The lowest BCUT2D eigenvalue weighted by Gasteiger charge is -2.22. The first-order chi connectivity index (χ1) is 7.08. The molecule has 1 aromatic carbocycles. The third-order valence-electron chi connectivity index (χ3n) is 1.74. The van der Waals surface area contributed by atoms with Crippen molar-refractivity contribution in [1.29, 1.82) is 0 Å². The monoisotopic (exact) mass is 235 g/mol. The standard InChI is InChI=1S/C11H13F4N/c1-10(2,3)16-9-5-7(11(13,14)15)4-8(12)6-9/h4-6,16H,1-3H3. The maximum absolute atomic E-state index is 13.0. The Labute approximate surface area is 91.5 Å². The van der Waals surface area contributed by atoms with E-state index >= 15 is 0 Å². The Hall–Kier alpha value is -1.26. The number of hydrogen-bond donors (Lipinski definition) is 1. The molecular formula is C11H13F4N. The summed E-state index contributed by atoms with van der Waals surface area (Å²) in [6, 6.07) is 2.42. The quantitative estimate of drug-likeness (QED) is 0.724. The molecule has 0 spiro atoms. The molecular weight excluding hydrogens is 222 g/mol. The summed E-state index contributed by atoms with van der Waals surface area (Å²) in [5.74, 6) is -0.901. The van der Waals surface area contributed by atoms with Crippen LogP contribution < -0.4 is 5.32 Å². The predicted molar refractivity (Wildman–Crippen MR) is 54.8 cm³/mol. The van der Waals surface area contributed by atoms with Crippen LogP contribution in [0.2, 0.25) is 0 Å². The summed E-state index contributed by atoms with van der Waals surface area (Å²) >= 11 is 0. The van der Waals surface area contributed by atoms with Gasteiger partial charge in [0, 0.05) is 11.2 Å². The number of anilines is 1. The summed E-state index contributed by atoms with van der Waals surface area (Å²) in [5, 5.41) is 2.79. The van der Waals surface area contributed by atoms with Crippen molar-refractivity contribution in [2.45, 2.75) is 32.5 Å². The number of alkyl halides is 3. The molecule has 90 valence electrons. The van der Waals surface area contributed by atoms with E-state index in [9.17, 15) is 17.6 Å². The highest BCUT2D eigenvalue weighted by Crippen LogP contribution is 2.32. The third-order valence-corrected chi connectivity index (χ3v) is 1.74. The topological polar surface area (TPSA) is 12.0 Å². The summed E-state index contributed by atoms with van der Waals surface area (Å²) < 4.78 is 50.2. The molecule has 5 heteroatoms. The lowest BCUT2D eigenvalue weighted by molar-refractivity contribution is -0.137. The largest absolute Gasteiger partial charge is 0.416 e. The van der Waals surface area contributed by atoms with Crippen LogP contribution >= 0.6 is 0 Å². The molecule has 0 heterocycles. The Morgan fingerprint density at radius 2 is 1.56 bits per heavy atom. The van der Waals surface area contributed by atoms with Crippen molar-refractivity contribution in [1.82, 2.24) is 0 Å². The van der Waals surface area contributed by atoms with Crippen LogP contribution in [0.15, 0.2) is 18.2 Å². The van der Waals surface area contributed by atoms with Gasteiger partial charge in [0.2, 0.25) is 0 Å². The molecule has 0 fully saturated rings. The zero-order valence-electron chi connectivity index (χ0n) is 9.24. The van der Waals surface area contributed by atoms with Gasteiger partial charge in [-0.1, -0.05) is 0 Å². The van der Waals surface area contributed by atoms with E-state index in [0.29, 0.717) is 6.07 Å². The first-order valence-electron chi connectivity index (χ1n) is 4.74. The normalized spacial score (nSPS) is 12.7. The summed E-state index contributed by atoms with van der Waals surface area (Å²) in [6.45, 7) is 5.35. The molecule has 1 rings (SSSR count). The highest BCUT2D eigenvalue weighted by Gasteiger charge is 2.31. The van der Waals surface area contributed by atoms with E-state index in [1.165, 1.54) is 0 Å². The predicted octanol–water partition coefficient (Wildman–Crippen LogP) is 4.05. The van der Waals surface area contributed by atoms with Crippen molar-refractivity contribution < 1.29 is 17.6 Å². The second-order valence-electron chi connectivity index (χ2n) is 4.60. The average molecular weight is 235 g/mol. The highest BCUT2D eigenvalue weighted by molar-refractivity contribution is 5.48. The summed E-state index contributed by atoms with van der Waals surface area (Å²) in [4.78, 5) is 0. The third kappa shape index (κ3) is 3.72. The van der Waals surface area contributed by atoms with E-state index in [1.807, 2.05) is 0 Å². The Morgan fingerprint density at radius 1 is 1.00 bits per heavy atom. The maximum atomic E-state index is 13.0. The van der Waals surface area contributed by atoms with Crippen LogP contribution in [0.5, 0.6) is 0 Å². The second-order valence-corrected chi connectivity index (χ2v) is 4.60. The minimum atomic E-state index is -4.53. The molecule has 0 saturated heterocycles. The molecule has 1 aromatic rings. The van der Waals surface area contributed by atoms with Crippen molar-refractivity contribution in [3.63, 3.8) is 0 Å². The Kier molecular flexibility index (Phi) is 3.17. The molecule has 1 N–H and O–H groups in total. The molecule has 0 aliphatic heterocycles. The van der Waals surface area contributed by atoms with Gasteiger partial charge >= 0.3 is 6.18 Å². The molecule has 0 bridgehead atoms. The number of hydrogen-bond acceptors (Lipinski definition) is 1. The van der Waals surface area contributed by atoms with Crippen LogP contribution in [0.1, 0.15) is 26.3 Å². The Balaban J connectivity index is 3.09. The van der Waals surface area contributed by atoms with Crippen LogP contribution in [-0.2, 0) is 6.18 Å². The van der Waals surface area contributed by atoms with Gasteiger partial charge in [-0.15, -0.1) is 0 Å². The average Bonchev–Trinajstić information content (AvgIpc) is 1.97. The van der Waals surface area contributed by atoms with E-state index < -0.39 is 23.1 Å². The number of halogens is 4. The fourth-order valence-corrected chi connectivity index (χ4v) is 1.26. The maximum Gasteiger partial charge on any atom is 0.416 e. The highest BCUT2D eigenvalue weighted by atomic mass is 19.4. The second kappa shape index (κ2) is 3.96. The van der Waals surface area contributed by atoms with Crippen LogP contribution in [0.3, 0.4) is 0 Å². The molecule has 16 heavy (non-hydrogen) atoms. The first kappa shape index (κ1) is 12.8. The van der Waals surface area contributed by atoms with Gasteiger partial charge in [0.25, 0.3) is 0 Å². The molecule has 0 aliphatic rings. The molecule has 1 nitrogen and oxygen atoms in total. The van der Waals surface area contributed by atoms with Crippen LogP contribution in [0.4, 0.5) is 23.2 Å². The van der Waals surface area contributed by atoms with E-state index in [0.717, 1.165) is 12.1 Å². The van der Waals surface area contributed by atoms with Gasteiger partial charge in [-0.3, -0.25) is 0 Å². The lowest BCUT2D eigenvalue weighted by Crippen LogP contribution is -2.26. The van der Waals surface area contributed by atoms with Gasteiger partial charge in [-0.25, -0.2) is 4.39 Å². The molecule has 0 radical (unpaired) electrons. The number of benzene rings is 1. The van der Waals surface area contributed by atoms with E-state index in [2.05, 4.69) is 5.32 Å². The lowest BCUT2D eigenvalue weighted by atomic mass is 10.1. The molecule has 0 atom stereocenters.